The van der Waals surface area contributed by atoms with E-state index in [2.05, 4.69) is 78.4 Å². The van der Waals surface area contributed by atoms with Crippen LogP contribution in [0.5, 0.6) is 0 Å². The molecule has 1 nitrogen and oxygen atoms in total. The van der Waals surface area contributed by atoms with Crippen LogP contribution < -0.4 is 15.0 Å². The van der Waals surface area contributed by atoms with Crippen molar-refractivity contribution in [3.8, 4) is 0 Å². The molecule has 0 aliphatic heterocycles. The van der Waals surface area contributed by atoms with E-state index < -0.39 is 17.9 Å². The molecule has 0 spiro atoms. The predicted molar refractivity (Wildman–Crippen MR) is 78.5 cm³/mol. The van der Waals surface area contributed by atoms with Crippen molar-refractivity contribution < 1.29 is 0 Å². The molecule has 1 N–H and O–H groups in total. The molecule has 0 aliphatic rings. The van der Waals surface area contributed by atoms with E-state index in [1.807, 2.05) is 0 Å². The summed E-state index contributed by atoms with van der Waals surface area (Å²) in [6.07, 6.45) is 0. The second-order valence-electron chi connectivity index (χ2n) is 4.11. The molecule has 17 heavy (non-hydrogen) atoms. The summed E-state index contributed by atoms with van der Waals surface area (Å²) >= 11 is 0. The highest BCUT2D eigenvalue weighted by molar-refractivity contribution is 6.85. The van der Waals surface area contributed by atoms with E-state index in [0.717, 1.165) is 0 Å². The lowest BCUT2D eigenvalue weighted by molar-refractivity contribution is 1.47. The summed E-state index contributed by atoms with van der Waals surface area (Å²) in [6.45, 7) is 4.66. The molecule has 0 atom stereocenters. The lowest BCUT2D eigenvalue weighted by Gasteiger charge is -2.17. The predicted octanol–water partition coefficient (Wildman–Crippen LogP) is 1.63. The van der Waals surface area contributed by atoms with Gasteiger partial charge in [0.2, 0.25) is 0 Å². The summed E-state index contributed by atoms with van der Waals surface area (Å²) in [5, 5.41) is 2.91. The molecule has 86 valence electrons. The zero-order valence-corrected chi connectivity index (χ0v) is 12.3. The average molecular weight is 255 g/mol. The lowest BCUT2D eigenvalue weighted by Crippen LogP contribution is -2.54. The van der Waals surface area contributed by atoms with E-state index in [9.17, 15) is 0 Å². The van der Waals surface area contributed by atoms with Crippen LogP contribution in [0.1, 0.15) is 0 Å². The molecular weight excluding hydrogens is 238 g/mol. The lowest BCUT2D eigenvalue weighted by atomic mass is 10.4. The quantitative estimate of drug-likeness (QED) is 0.819. The number of rotatable bonds is 4. The Morgan fingerprint density at radius 1 is 0.647 bits per heavy atom. The maximum absolute atomic E-state index is 3.82. The maximum atomic E-state index is 3.82. The molecule has 0 saturated heterocycles. The van der Waals surface area contributed by atoms with Gasteiger partial charge in [0.1, 0.15) is 0 Å². The molecule has 0 saturated carbocycles. The van der Waals surface area contributed by atoms with Gasteiger partial charge < -0.3 is 4.65 Å². The van der Waals surface area contributed by atoms with Crippen molar-refractivity contribution in [2.24, 2.45) is 0 Å². The summed E-state index contributed by atoms with van der Waals surface area (Å²) in [6, 6.07) is 21.5. The molecule has 0 aliphatic carbocycles. The summed E-state index contributed by atoms with van der Waals surface area (Å²) in [5.74, 6) is 0. The highest BCUT2D eigenvalue weighted by Crippen LogP contribution is 1.90. The van der Waals surface area contributed by atoms with Gasteiger partial charge >= 0.3 is 0 Å². The maximum Gasteiger partial charge on any atom is 0.159 e. The Kier molecular flexibility index (Phi) is 4.31. The molecule has 0 unspecified atom stereocenters. The van der Waals surface area contributed by atoms with E-state index in [-0.39, 0.29) is 0 Å². The molecule has 3 heteroatoms. The standard InChI is InChI=1S/C14H17NSi2/c1-16(13-9-5-3-6-10-13)15-17(2)14-11-7-4-8-12-14/h3-12,15H,1-2H3. The summed E-state index contributed by atoms with van der Waals surface area (Å²) < 4.78 is 3.82. The van der Waals surface area contributed by atoms with Crippen molar-refractivity contribution in [3.05, 3.63) is 60.7 Å². The normalized spacial score (nSPS) is 11.1. The third-order valence-electron chi connectivity index (χ3n) is 2.79. The molecule has 0 fully saturated rings. The molecule has 0 aromatic heterocycles. The second kappa shape index (κ2) is 5.95. The van der Waals surface area contributed by atoms with Gasteiger partial charge in [-0.1, -0.05) is 73.8 Å². The van der Waals surface area contributed by atoms with Gasteiger partial charge in [-0.2, -0.15) is 0 Å². The van der Waals surface area contributed by atoms with Crippen LogP contribution in [0.4, 0.5) is 0 Å². The Balaban J connectivity index is 2.02. The van der Waals surface area contributed by atoms with Crippen LogP contribution in [-0.4, -0.2) is 17.9 Å². The Morgan fingerprint density at radius 3 is 1.35 bits per heavy atom. The minimum atomic E-state index is -0.618. The first kappa shape index (κ1) is 12.3. The van der Waals surface area contributed by atoms with Crippen molar-refractivity contribution in [2.75, 3.05) is 0 Å². The Bertz CT molecular complexity index is 401. The van der Waals surface area contributed by atoms with Crippen LogP contribution in [0, 0.1) is 0 Å². The minimum absolute atomic E-state index is 0.618. The SMILES string of the molecule is C[Si](N[Si](C)c1ccccc1)c1ccccc1. The van der Waals surface area contributed by atoms with Crippen LogP contribution in [-0.2, 0) is 0 Å². The van der Waals surface area contributed by atoms with Gasteiger partial charge in [0.25, 0.3) is 0 Å². The zero-order valence-electron chi connectivity index (χ0n) is 10.3. The van der Waals surface area contributed by atoms with Gasteiger partial charge in [0.05, 0.1) is 0 Å². The van der Waals surface area contributed by atoms with Gasteiger partial charge in [-0.05, 0) is 10.4 Å². The summed E-state index contributed by atoms with van der Waals surface area (Å²) in [5.41, 5.74) is 0. The average Bonchev–Trinajstić information content (AvgIpc) is 2.40. The summed E-state index contributed by atoms with van der Waals surface area (Å²) in [7, 11) is -1.24. The molecule has 2 aromatic rings. The molecule has 2 radical (unpaired) electrons. The van der Waals surface area contributed by atoms with Gasteiger partial charge in [-0.15, -0.1) is 0 Å². The van der Waals surface area contributed by atoms with E-state index >= 15 is 0 Å². The highest BCUT2D eigenvalue weighted by atomic mass is 28.3. The first-order valence-electron chi connectivity index (χ1n) is 5.82. The molecule has 2 aromatic carbocycles. The van der Waals surface area contributed by atoms with E-state index in [4.69, 9.17) is 0 Å². The van der Waals surface area contributed by atoms with Crippen LogP contribution in [0.25, 0.3) is 0 Å². The topological polar surface area (TPSA) is 12.0 Å². The Hall–Kier alpha value is -1.17. The van der Waals surface area contributed by atoms with Crippen molar-refractivity contribution in [3.63, 3.8) is 0 Å². The monoisotopic (exact) mass is 255 g/mol. The highest BCUT2D eigenvalue weighted by Gasteiger charge is 2.14. The van der Waals surface area contributed by atoms with Gasteiger partial charge in [0.15, 0.2) is 17.9 Å². The van der Waals surface area contributed by atoms with Crippen LogP contribution in [0.15, 0.2) is 60.7 Å². The summed E-state index contributed by atoms with van der Waals surface area (Å²) in [4.78, 5) is 0. The number of hydrogen-bond acceptors (Lipinski definition) is 1. The van der Waals surface area contributed by atoms with Gasteiger partial charge in [-0.3, -0.25) is 0 Å². The first-order valence-corrected chi connectivity index (χ1v) is 9.82. The first-order chi connectivity index (χ1) is 8.27. The van der Waals surface area contributed by atoms with Crippen molar-refractivity contribution in [2.45, 2.75) is 13.1 Å². The van der Waals surface area contributed by atoms with Crippen molar-refractivity contribution in [1.82, 2.24) is 4.65 Å². The second-order valence-corrected chi connectivity index (χ2v) is 8.76. The molecule has 2 rings (SSSR count). The van der Waals surface area contributed by atoms with Crippen LogP contribution in [0.3, 0.4) is 0 Å². The third kappa shape index (κ3) is 3.39. The molecule has 0 heterocycles. The van der Waals surface area contributed by atoms with E-state index in [0.29, 0.717) is 0 Å². The molecule has 0 amide bonds. The zero-order chi connectivity index (χ0) is 12.1. The van der Waals surface area contributed by atoms with Crippen molar-refractivity contribution >= 4 is 28.3 Å². The van der Waals surface area contributed by atoms with Gasteiger partial charge in [-0.25, -0.2) is 0 Å². The fraction of sp³-hybridized carbons (Fsp3) is 0.143. The number of benzene rings is 2. The largest absolute Gasteiger partial charge is 0.354 e. The third-order valence-corrected chi connectivity index (χ3v) is 8.19. The van der Waals surface area contributed by atoms with E-state index in [1.165, 1.54) is 10.4 Å². The number of hydrogen-bond donors (Lipinski definition) is 1. The smallest absolute Gasteiger partial charge is 0.159 e. The molecular formula is C14H17NSi2. The number of nitrogens with one attached hydrogen (secondary N) is 1. The Labute approximate surface area is 107 Å². The minimum Gasteiger partial charge on any atom is -0.354 e. The molecule has 0 bridgehead atoms. The fourth-order valence-electron chi connectivity index (χ4n) is 1.80. The van der Waals surface area contributed by atoms with Crippen LogP contribution in [0.2, 0.25) is 13.1 Å². The van der Waals surface area contributed by atoms with E-state index in [1.54, 1.807) is 0 Å². The Morgan fingerprint density at radius 2 is 1.00 bits per heavy atom. The van der Waals surface area contributed by atoms with Gasteiger partial charge in [0, 0.05) is 0 Å². The fourth-order valence-corrected chi connectivity index (χ4v) is 6.59. The van der Waals surface area contributed by atoms with Crippen LogP contribution >= 0.6 is 0 Å². The van der Waals surface area contributed by atoms with Crippen molar-refractivity contribution in [1.29, 1.82) is 0 Å².